The van der Waals surface area contributed by atoms with E-state index < -0.39 is 6.09 Å². The fourth-order valence-electron chi connectivity index (χ4n) is 3.09. The summed E-state index contributed by atoms with van der Waals surface area (Å²) in [7, 11) is 0. The van der Waals surface area contributed by atoms with Gasteiger partial charge < -0.3 is 15.2 Å². The van der Waals surface area contributed by atoms with Crippen LogP contribution in [0.3, 0.4) is 0 Å². The molecular weight excluding hydrogens is 378 g/mol. The third kappa shape index (κ3) is 28.7. The van der Waals surface area contributed by atoms with Gasteiger partial charge in [0.2, 0.25) is 0 Å². The Balaban J connectivity index is 0. The predicted molar refractivity (Wildman–Crippen MR) is 127 cm³/mol. The van der Waals surface area contributed by atoms with E-state index in [1.807, 2.05) is 0 Å². The molecule has 0 aliphatic heterocycles. The Hall–Kier alpha value is -1.52. The van der Waals surface area contributed by atoms with Crippen LogP contribution < -0.4 is 5.32 Å². The normalized spacial score (nSPS) is 10.1. The van der Waals surface area contributed by atoms with Crippen molar-refractivity contribution in [2.24, 2.45) is 0 Å². The fraction of sp³-hybridized carbons (Fsp3) is 0.840. The molecule has 0 radical (unpaired) electrons. The van der Waals surface area contributed by atoms with Gasteiger partial charge in [0.05, 0.1) is 6.61 Å². The topological polar surface area (TPSA) is 75.6 Å². The molecule has 0 saturated carbocycles. The number of hydrogen-bond acceptors (Lipinski definition) is 3. The number of rotatable bonds is 19. The van der Waals surface area contributed by atoms with E-state index in [4.69, 9.17) is 9.84 Å². The number of ether oxygens (including phenoxy) is 1. The molecule has 0 bridgehead atoms. The number of carbonyl (C=O) groups is 2. The van der Waals surface area contributed by atoms with Crippen LogP contribution in [0.25, 0.3) is 0 Å². The smallest absolute Gasteiger partial charge is 0.404 e. The van der Waals surface area contributed by atoms with Crippen molar-refractivity contribution < 1.29 is 19.4 Å². The molecule has 5 nitrogen and oxygen atoms in total. The van der Waals surface area contributed by atoms with Gasteiger partial charge in [-0.1, -0.05) is 110 Å². The second kappa shape index (κ2) is 25.5. The lowest BCUT2D eigenvalue weighted by Crippen LogP contribution is -2.19. The van der Waals surface area contributed by atoms with Gasteiger partial charge in [0.25, 0.3) is 0 Å². The average molecular weight is 428 g/mol. The summed E-state index contributed by atoms with van der Waals surface area (Å²) in [6, 6.07) is 0. The summed E-state index contributed by atoms with van der Waals surface area (Å²) in [4.78, 5) is 20.7. The largest absolute Gasteiger partial charge is 0.465 e. The molecule has 0 unspecified atom stereocenters. The number of unbranched alkanes of at least 4 members (excludes halogenated alkanes) is 15. The van der Waals surface area contributed by atoms with Gasteiger partial charge in [-0.2, -0.15) is 0 Å². The Labute approximate surface area is 186 Å². The van der Waals surface area contributed by atoms with Gasteiger partial charge >= 0.3 is 12.1 Å². The maximum Gasteiger partial charge on any atom is 0.404 e. The standard InChI is InChI=1S/C22H42O2.C3H7NO2/c1-4-5-6-7-8-9-10-11-12-13-14-15-16-17-18-19-20-24-22(23)21(2)3;1-2-4-3(5)6/h2,4-20H2,1,3H3;4H,2H2,1H3,(H,5,6). The zero-order chi connectivity index (χ0) is 22.9. The van der Waals surface area contributed by atoms with Crippen LogP contribution in [0, 0.1) is 0 Å². The highest BCUT2D eigenvalue weighted by Crippen LogP contribution is 2.13. The number of nitrogens with one attached hydrogen (secondary N) is 1. The van der Waals surface area contributed by atoms with E-state index in [0.29, 0.717) is 18.7 Å². The zero-order valence-electron chi connectivity index (χ0n) is 20.1. The van der Waals surface area contributed by atoms with Crippen LogP contribution in [0.15, 0.2) is 12.2 Å². The van der Waals surface area contributed by atoms with Gasteiger partial charge in [-0.05, 0) is 20.3 Å². The SMILES string of the molecule is C=C(C)C(=O)OCCCCCCCCCCCCCCCCCC.CCNC(=O)O. The Morgan fingerprint density at radius 2 is 1.10 bits per heavy atom. The van der Waals surface area contributed by atoms with Crippen LogP contribution in [0.5, 0.6) is 0 Å². The van der Waals surface area contributed by atoms with Crippen molar-refractivity contribution in [3.05, 3.63) is 12.2 Å². The highest BCUT2D eigenvalue weighted by Gasteiger charge is 2.01. The fourth-order valence-corrected chi connectivity index (χ4v) is 3.09. The Morgan fingerprint density at radius 3 is 1.37 bits per heavy atom. The van der Waals surface area contributed by atoms with Crippen LogP contribution in [0.2, 0.25) is 0 Å². The lowest BCUT2D eigenvalue weighted by Gasteiger charge is -2.05. The first-order valence-electron chi connectivity index (χ1n) is 12.2. The number of esters is 1. The van der Waals surface area contributed by atoms with Crippen molar-refractivity contribution in [3.8, 4) is 0 Å². The van der Waals surface area contributed by atoms with Crippen LogP contribution in [0.4, 0.5) is 4.79 Å². The van der Waals surface area contributed by atoms with Crippen LogP contribution in [-0.4, -0.2) is 30.3 Å². The van der Waals surface area contributed by atoms with Crippen LogP contribution >= 0.6 is 0 Å². The summed E-state index contributed by atoms with van der Waals surface area (Å²) >= 11 is 0. The molecule has 0 rings (SSSR count). The van der Waals surface area contributed by atoms with Gasteiger partial charge in [0.1, 0.15) is 0 Å². The highest BCUT2D eigenvalue weighted by atomic mass is 16.5. The Morgan fingerprint density at radius 1 is 0.733 bits per heavy atom. The van der Waals surface area contributed by atoms with E-state index in [-0.39, 0.29) is 5.97 Å². The highest BCUT2D eigenvalue weighted by molar-refractivity contribution is 5.86. The third-order valence-electron chi connectivity index (χ3n) is 4.91. The lowest BCUT2D eigenvalue weighted by molar-refractivity contribution is -0.139. The average Bonchev–Trinajstić information content (AvgIpc) is 2.70. The van der Waals surface area contributed by atoms with Crippen molar-refractivity contribution >= 4 is 12.1 Å². The molecule has 0 saturated heterocycles. The summed E-state index contributed by atoms with van der Waals surface area (Å²) < 4.78 is 5.08. The summed E-state index contributed by atoms with van der Waals surface area (Å²) in [5.41, 5.74) is 0.492. The minimum atomic E-state index is -0.961. The zero-order valence-corrected chi connectivity index (χ0v) is 20.1. The maximum atomic E-state index is 11.2. The van der Waals surface area contributed by atoms with Crippen molar-refractivity contribution in [2.75, 3.05) is 13.2 Å². The summed E-state index contributed by atoms with van der Waals surface area (Å²) in [6.45, 7) is 10.3. The van der Waals surface area contributed by atoms with E-state index in [9.17, 15) is 9.59 Å². The molecule has 0 aromatic carbocycles. The minimum Gasteiger partial charge on any atom is -0.465 e. The number of amides is 1. The molecule has 0 aromatic rings. The molecule has 0 aliphatic rings. The maximum absolute atomic E-state index is 11.2. The van der Waals surface area contributed by atoms with Crippen LogP contribution in [0.1, 0.15) is 124 Å². The van der Waals surface area contributed by atoms with E-state index in [1.54, 1.807) is 13.8 Å². The second-order valence-electron chi connectivity index (χ2n) is 8.06. The lowest BCUT2D eigenvalue weighted by atomic mass is 10.0. The molecular formula is C25H49NO4. The number of carboxylic acid groups (broad SMARTS) is 1. The molecule has 0 aromatic heterocycles. The molecule has 0 heterocycles. The summed E-state index contributed by atoms with van der Waals surface area (Å²) in [5, 5.41) is 9.93. The minimum absolute atomic E-state index is 0.254. The van der Waals surface area contributed by atoms with Gasteiger partial charge in [-0.3, -0.25) is 0 Å². The summed E-state index contributed by atoms with van der Waals surface area (Å²) in [5.74, 6) is -0.254. The molecule has 178 valence electrons. The van der Waals surface area contributed by atoms with E-state index in [1.165, 1.54) is 96.3 Å². The third-order valence-corrected chi connectivity index (χ3v) is 4.91. The molecule has 1 amide bonds. The van der Waals surface area contributed by atoms with Crippen molar-refractivity contribution in [1.82, 2.24) is 5.32 Å². The van der Waals surface area contributed by atoms with Crippen molar-refractivity contribution in [3.63, 3.8) is 0 Å². The molecule has 0 spiro atoms. The van der Waals surface area contributed by atoms with Gasteiger partial charge in [0, 0.05) is 12.1 Å². The first-order chi connectivity index (χ1) is 14.5. The van der Waals surface area contributed by atoms with Gasteiger partial charge in [-0.15, -0.1) is 0 Å². The first-order valence-corrected chi connectivity index (χ1v) is 12.2. The quantitative estimate of drug-likeness (QED) is 0.126. The van der Waals surface area contributed by atoms with Gasteiger partial charge in [-0.25, -0.2) is 9.59 Å². The van der Waals surface area contributed by atoms with E-state index >= 15 is 0 Å². The van der Waals surface area contributed by atoms with E-state index in [0.717, 1.165) is 6.42 Å². The molecule has 5 heteroatoms. The molecule has 0 fully saturated rings. The van der Waals surface area contributed by atoms with Crippen molar-refractivity contribution in [1.29, 1.82) is 0 Å². The molecule has 0 atom stereocenters. The predicted octanol–water partition coefficient (Wildman–Crippen LogP) is 7.64. The van der Waals surface area contributed by atoms with Crippen LogP contribution in [-0.2, 0) is 9.53 Å². The molecule has 30 heavy (non-hydrogen) atoms. The Kier molecular flexibility index (Phi) is 26.1. The first kappa shape index (κ1) is 30.7. The summed E-state index contributed by atoms with van der Waals surface area (Å²) in [6.07, 6.45) is 20.8. The monoisotopic (exact) mass is 427 g/mol. The molecule has 2 N–H and O–H groups in total. The van der Waals surface area contributed by atoms with E-state index in [2.05, 4.69) is 18.8 Å². The number of hydrogen-bond donors (Lipinski definition) is 2. The van der Waals surface area contributed by atoms with Crippen molar-refractivity contribution in [2.45, 2.75) is 124 Å². The Bertz CT molecular complexity index is 410. The van der Waals surface area contributed by atoms with Gasteiger partial charge in [0.15, 0.2) is 0 Å². The molecule has 0 aliphatic carbocycles. The second-order valence-corrected chi connectivity index (χ2v) is 8.06. The number of carbonyl (C=O) groups excluding carboxylic acids is 1.